The SMILES string of the molecule is Cc1noc(C)c1NC(=O)Nc1cccc2c1O[C@H](CN(C)S(C)(=O)=O)[C@H](C)CN([C@@H](C)CO)C2=O. The molecular weight excluding hydrogens is 490 g/mol. The lowest BCUT2D eigenvalue weighted by atomic mass is 9.99. The lowest BCUT2D eigenvalue weighted by molar-refractivity contribution is 0.0389. The molecule has 1 aromatic heterocycles. The number of aliphatic hydroxyl groups excluding tert-OH is 1. The van der Waals surface area contributed by atoms with Crippen molar-refractivity contribution in [1.82, 2.24) is 14.4 Å². The summed E-state index contributed by atoms with van der Waals surface area (Å²) in [7, 11) is -2.05. The van der Waals surface area contributed by atoms with Gasteiger partial charge in [0.25, 0.3) is 5.91 Å². The maximum atomic E-state index is 13.5. The van der Waals surface area contributed by atoms with E-state index < -0.39 is 28.2 Å². The van der Waals surface area contributed by atoms with Crippen molar-refractivity contribution < 1.29 is 32.4 Å². The first-order valence-electron chi connectivity index (χ1n) is 11.5. The van der Waals surface area contributed by atoms with Crippen molar-refractivity contribution in [1.29, 1.82) is 0 Å². The number of aromatic nitrogens is 1. The zero-order valence-electron chi connectivity index (χ0n) is 21.2. The van der Waals surface area contributed by atoms with E-state index in [4.69, 9.17) is 9.26 Å². The van der Waals surface area contributed by atoms with Crippen molar-refractivity contribution in [2.24, 2.45) is 5.92 Å². The number of likely N-dealkylation sites (N-methyl/N-ethyl adjacent to an activating group) is 1. The number of nitrogens with one attached hydrogen (secondary N) is 2. The third-order valence-corrected chi connectivity index (χ3v) is 7.50. The van der Waals surface area contributed by atoms with Gasteiger partial charge < -0.3 is 29.9 Å². The second-order valence-corrected chi connectivity index (χ2v) is 11.2. The number of fused-ring (bicyclic) bond motifs is 1. The second-order valence-electron chi connectivity index (χ2n) is 9.13. The van der Waals surface area contributed by atoms with E-state index in [2.05, 4.69) is 15.8 Å². The number of ether oxygens (including phenoxy) is 1. The Morgan fingerprint density at radius 2 is 2.03 bits per heavy atom. The number of hydrogen-bond acceptors (Lipinski definition) is 8. The number of rotatable bonds is 7. The molecule has 0 aliphatic carbocycles. The number of aliphatic hydroxyl groups is 1. The Balaban J connectivity index is 2.01. The predicted molar refractivity (Wildman–Crippen MR) is 134 cm³/mol. The van der Waals surface area contributed by atoms with Crippen molar-refractivity contribution >= 4 is 33.3 Å². The fraction of sp³-hybridized carbons (Fsp3) is 0.522. The van der Waals surface area contributed by atoms with E-state index in [1.54, 1.807) is 39.0 Å². The number of aryl methyl sites for hydroxylation is 2. The summed E-state index contributed by atoms with van der Waals surface area (Å²) in [5.74, 6) is -0.124. The first-order valence-corrected chi connectivity index (χ1v) is 13.3. The molecule has 0 saturated heterocycles. The number of anilines is 2. The van der Waals surface area contributed by atoms with E-state index >= 15 is 0 Å². The molecule has 36 heavy (non-hydrogen) atoms. The Bertz CT molecular complexity index is 1210. The molecule has 3 rings (SSSR count). The average Bonchev–Trinajstić information content (AvgIpc) is 3.12. The summed E-state index contributed by atoms with van der Waals surface area (Å²) in [5.41, 5.74) is 1.34. The Hall–Kier alpha value is -3.16. The van der Waals surface area contributed by atoms with Gasteiger partial charge in [0.1, 0.15) is 17.5 Å². The largest absolute Gasteiger partial charge is 0.486 e. The molecule has 198 valence electrons. The Morgan fingerprint density at radius 3 is 2.61 bits per heavy atom. The summed E-state index contributed by atoms with van der Waals surface area (Å²) in [6.45, 7) is 6.94. The van der Waals surface area contributed by atoms with E-state index in [-0.39, 0.29) is 48.5 Å². The van der Waals surface area contributed by atoms with Gasteiger partial charge in [-0.15, -0.1) is 0 Å². The highest BCUT2D eigenvalue weighted by atomic mass is 32.2. The number of urea groups is 1. The smallest absolute Gasteiger partial charge is 0.323 e. The number of nitrogens with zero attached hydrogens (tertiary/aromatic N) is 3. The third-order valence-electron chi connectivity index (χ3n) is 6.21. The zero-order chi connectivity index (χ0) is 26.8. The van der Waals surface area contributed by atoms with Crippen molar-refractivity contribution in [2.45, 2.75) is 39.8 Å². The molecule has 3 amide bonds. The monoisotopic (exact) mass is 523 g/mol. The van der Waals surface area contributed by atoms with Gasteiger partial charge in [0.15, 0.2) is 11.5 Å². The molecule has 1 aliphatic rings. The van der Waals surface area contributed by atoms with Crippen molar-refractivity contribution in [3.05, 3.63) is 35.2 Å². The second kappa shape index (κ2) is 10.8. The molecule has 2 heterocycles. The minimum Gasteiger partial charge on any atom is -0.486 e. The fourth-order valence-electron chi connectivity index (χ4n) is 3.88. The average molecular weight is 524 g/mol. The van der Waals surface area contributed by atoms with Crippen LogP contribution in [0.25, 0.3) is 0 Å². The van der Waals surface area contributed by atoms with Crippen LogP contribution >= 0.6 is 0 Å². The van der Waals surface area contributed by atoms with Crippen molar-refractivity contribution in [2.75, 3.05) is 43.6 Å². The molecule has 0 saturated carbocycles. The highest BCUT2D eigenvalue weighted by Crippen LogP contribution is 2.35. The summed E-state index contributed by atoms with van der Waals surface area (Å²) >= 11 is 0. The van der Waals surface area contributed by atoms with Crippen LogP contribution in [0.15, 0.2) is 22.7 Å². The highest BCUT2D eigenvalue weighted by Gasteiger charge is 2.35. The minimum absolute atomic E-state index is 0.0224. The molecule has 2 aromatic rings. The van der Waals surface area contributed by atoms with Gasteiger partial charge >= 0.3 is 6.03 Å². The molecule has 1 aliphatic heterocycles. The Kier molecular flexibility index (Phi) is 8.26. The molecule has 3 atom stereocenters. The molecule has 0 bridgehead atoms. The van der Waals surface area contributed by atoms with Gasteiger partial charge in [0.2, 0.25) is 10.0 Å². The van der Waals surface area contributed by atoms with Crippen LogP contribution in [-0.2, 0) is 10.0 Å². The molecule has 3 N–H and O–H groups in total. The number of carbonyl (C=O) groups is 2. The van der Waals surface area contributed by atoms with Crippen molar-refractivity contribution in [3.8, 4) is 5.75 Å². The lowest BCUT2D eigenvalue weighted by Gasteiger charge is -2.38. The topological polar surface area (TPSA) is 154 Å². The highest BCUT2D eigenvalue weighted by molar-refractivity contribution is 7.88. The molecule has 0 fully saturated rings. The van der Waals surface area contributed by atoms with Crippen LogP contribution in [0.2, 0.25) is 0 Å². The normalized spacial score (nSPS) is 19.2. The predicted octanol–water partition coefficient (Wildman–Crippen LogP) is 2.05. The standard InChI is InChI=1S/C23H33N5O7S/c1-13-10-28(14(2)12-29)22(30)17-8-7-9-18(21(17)34-19(13)11-27(5)36(6,32)33)24-23(31)25-20-15(3)26-35-16(20)4/h7-9,13-14,19,29H,10-12H2,1-6H3,(H2,24,25,31)/t13-,14+,19-/m1/s1. The first-order chi connectivity index (χ1) is 16.8. The quantitative estimate of drug-likeness (QED) is 0.498. The van der Waals surface area contributed by atoms with Crippen molar-refractivity contribution in [3.63, 3.8) is 0 Å². The molecule has 0 unspecified atom stereocenters. The number of sulfonamides is 1. The zero-order valence-corrected chi connectivity index (χ0v) is 22.0. The Labute approximate surface area is 210 Å². The molecule has 0 radical (unpaired) electrons. The molecule has 1 aromatic carbocycles. The van der Waals surface area contributed by atoms with Crippen LogP contribution in [0.5, 0.6) is 5.75 Å². The van der Waals surface area contributed by atoms with Gasteiger partial charge in [-0.3, -0.25) is 4.79 Å². The minimum atomic E-state index is -3.50. The van der Waals surface area contributed by atoms with Crippen LogP contribution < -0.4 is 15.4 Å². The van der Waals surface area contributed by atoms with E-state index in [0.29, 0.717) is 17.1 Å². The van der Waals surface area contributed by atoms with Crippen LogP contribution in [0.1, 0.15) is 35.7 Å². The summed E-state index contributed by atoms with van der Waals surface area (Å²) in [6, 6.07) is 3.67. The first kappa shape index (κ1) is 27.4. The van der Waals surface area contributed by atoms with Gasteiger partial charge in [-0.25, -0.2) is 17.5 Å². The van der Waals surface area contributed by atoms with E-state index in [1.165, 1.54) is 16.3 Å². The third kappa shape index (κ3) is 5.97. The lowest BCUT2D eigenvalue weighted by Crippen LogP contribution is -2.50. The van der Waals surface area contributed by atoms with Crippen LogP contribution in [0, 0.1) is 19.8 Å². The molecule has 0 spiro atoms. The number of benzene rings is 1. The summed E-state index contributed by atoms with van der Waals surface area (Å²) in [4.78, 5) is 27.8. The van der Waals surface area contributed by atoms with E-state index in [9.17, 15) is 23.1 Å². The van der Waals surface area contributed by atoms with Crippen LogP contribution in [0.3, 0.4) is 0 Å². The maximum Gasteiger partial charge on any atom is 0.323 e. The summed E-state index contributed by atoms with van der Waals surface area (Å²) in [6.07, 6.45) is 0.447. The van der Waals surface area contributed by atoms with Gasteiger partial charge in [-0.2, -0.15) is 0 Å². The number of hydrogen-bond donors (Lipinski definition) is 3. The summed E-state index contributed by atoms with van der Waals surface area (Å²) in [5, 5.41) is 19.0. The summed E-state index contributed by atoms with van der Waals surface area (Å²) < 4.78 is 36.7. The van der Waals surface area contributed by atoms with Gasteiger partial charge in [-0.1, -0.05) is 18.1 Å². The number of carbonyl (C=O) groups excluding carboxylic acids is 2. The van der Waals surface area contributed by atoms with Crippen LogP contribution in [0.4, 0.5) is 16.2 Å². The number of amides is 3. The van der Waals surface area contributed by atoms with Crippen LogP contribution in [-0.4, -0.2) is 85.0 Å². The Morgan fingerprint density at radius 1 is 1.33 bits per heavy atom. The van der Waals surface area contributed by atoms with Gasteiger partial charge in [0, 0.05) is 19.5 Å². The maximum absolute atomic E-state index is 13.5. The van der Waals surface area contributed by atoms with Gasteiger partial charge in [0.05, 0.1) is 36.7 Å². The molecular formula is C23H33N5O7S. The fourth-order valence-corrected chi connectivity index (χ4v) is 4.29. The van der Waals surface area contributed by atoms with E-state index in [0.717, 1.165) is 6.26 Å². The van der Waals surface area contributed by atoms with E-state index in [1.807, 2.05) is 6.92 Å². The number of para-hydroxylation sites is 1. The molecule has 13 heteroatoms. The molecule has 12 nitrogen and oxygen atoms in total. The van der Waals surface area contributed by atoms with Gasteiger partial charge in [-0.05, 0) is 32.9 Å².